The molecule has 88 valence electrons. The van der Waals surface area contributed by atoms with Crippen molar-refractivity contribution in [3.05, 3.63) is 0 Å². The summed E-state index contributed by atoms with van der Waals surface area (Å²) < 4.78 is 5.27. The molecule has 1 amide bonds. The second-order valence-corrected chi connectivity index (χ2v) is 5.03. The van der Waals surface area contributed by atoms with E-state index in [1.807, 2.05) is 27.7 Å². The zero-order chi connectivity index (χ0) is 11.5. The zero-order valence-corrected chi connectivity index (χ0v) is 10.2. The van der Waals surface area contributed by atoms with Gasteiger partial charge in [-0.2, -0.15) is 0 Å². The van der Waals surface area contributed by atoms with Crippen molar-refractivity contribution < 1.29 is 9.53 Å². The summed E-state index contributed by atoms with van der Waals surface area (Å²) in [5, 5.41) is 1.55. The van der Waals surface area contributed by atoms with Crippen LogP contribution in [0, 0.1) is 5.92 Å². The van der Waals surface area contributed by atoms with Gasteiger partial charge < -0.3 is 4.74 Å². The Hall–Kier alpha value is -0.770. The van der Waals surface area contributed by atoms with Gasteiger partial charge in [0.15, 0.2) is 0 Å². The molecule has 0 saturated heterocycles. The standard InChI is InChI=1S/C11H22N2O2/c1-5-13(12-8-9-6-7-9)10(14)15-11(2,3)4/h9,12H,5-8H2,1-4H3. The lowest BCUT2D eigenvalue weighted by atomic mass is 10.2. The van der Waals surface area contributed by atoms with Gasteiger partial charge in [-0.05, 0) is 46.5 Å². The molecule has 0 aromatic rings. The van der Waals surface area contributed by atoms with Crippen molar-refractivity contribution in [2.45, 2.75) is 46.1 Å². The summed E-state index contributed by atoms with van der Waals surface area (Å²) in [6.45, 7) is 9.07. The Labute approximate surface area is 91.9 Å². The topological polar surface area (TPSA) is 41.6 Å². The van der Waals surface area contributed by atoms with Gasteiger partial charge in [-0.15, -0.1) is 0 Å². The second-order valence-electron chi connectivity index (χ2n) is 5.03. The molecule has 1 rings (SSSR count). The Bertz CT molecular complexity index is 219. The molecule has 1 saturated carbocycles. The molecule has 1 fully saturated rings. The van der Waals surface area contributed by atoms with Crippen molar-refractivity contribution in [3.63, 3.8) is 0 Å². The van der Waals surface area contributed by atoms with Crippen LogP contribution in [0.1, 0.15) is 40.5 Å². The number of rotatable bonds is 4. The van der Waals surface area contributed by atoms with Crippen molar-refractivity contribution in [1.29, 1.82) is 0 Å². The maximum Gasteiger partial charge on any atom is 0.424 e. The van der Waals surface area contributed by atoms with E-state index >= 15 is 0 Å². The average molecular weight is 214 g/mol. The van der Waals surface area contributed by atoms with Gasteiger partial charge in [-0.1, -0.05) is 0 Å². The number of nitrogens with zero attached hydrogens (tertiary/aromatic N) is 1. The highest BCUT2D eigenvalue weighted by molar-refractivity contribution is 5.67. The fraction of sp³-hybridized carbons (Fsp3) is 0.909. The third-order valence-electron chi connectivity index (χ3n) is 2.20. The highest BCUT2D eigenvalue weighted by Crippen LogP contribution is 2.27. The molecule has 4 heteroatoms. The lowest BCUT2D eigenvalue weighted by Crippen LogP contribution is -2.46. The first kappa shape index (κ1) is 12.3. The van der Waals surface area contributed by atoms with Gasteiger partial charge in [0.05, 0.1) is 0 Å². The van der Waals surface area contributed by atoms with Gasteiger partial charge in [-0.25, -0.2) is 15.2 Å². The number of amides is 1. The van der Waals surface area contributed by atoms with E-state index in [0.717, 1.165) is 12.5 Å². The first-order chi connectivity index (χ1) is 6.92. The van der Waals surface area contributed by atoms with E-state index < -0.39 is 5.60 Å². The van der Waals surface area contributed by atoms with Crippen molar-refractivity contribution in [1.82, 2.24) is 10.4 Å². The van der Waals surface area contributed by atoms with E-state index in [1.54, 1.807) is 5.01 Å². The van der Waals surface area contributed by atoms with E-state index in [4.69, 9.17) is 4.74 Å². The molecule has 0 bridgehead atoms. The molecule has 0 radical (unpaired) electrons. The third-order valence-corrected chi connectivity index (χ3v) is 2.20. The molecule has 1 N–H and O–H groups in total. The van der Waals surface area contributed by atoms with Crippen LogP contribution >= 0.6 is 0 Å². The predicted octanol–water partition coefficient (Wildman–Crippen LogP) is 2.16. The summed E-state index contributed by atoms with van der Waals surface area (Å²) in [5.74, 6) is 0.751. The maximum atomic E-state index is 11.7. The molecule has 0 aromatic heterocycles. The summed E-state index contributed by atoms with van der Waals surface area (Å²) in [7, 11) is 0. The Morgan fingerprint density at radius 1 is 1.47 bits per heavy atom. The summed E-state index contributed by atoms with van der Waals surface area (Å²) >= 11 is 0. The van der Waals surface area contributed by atoms with Crippen LogP contribution in [0.2, 0.25) is 0 Å². The van der Waals surface area contributed by atoms with Crippen LogP contribution < -0.4 is 5.43 Å². The fourth-order valence-electron chi connectivity index (χ4n) is 1.18. The number of carbonyl (C=O) groups is 1. The zero-order valence-electron chi connectivity index (χ0n) is 10.2. The largest absolute Gasteiger partial charge is 0.443 e. The minimum absolute atomic E-state index is 0.286. The van der Waals surface area contributed by atoms with E-state index in [9.17, 15) is 4.79 Å². The quantitative estimate of drug-likeness (QED) is 0.729. The molecule has 1 aliphatic carbocycles. The van der Waals surface area contributed by atoms with Crippen LogP contribution in [0.5, 0.6) is 0 Å². The molecule has 0 spiro atoms. The Morgan fingerprint density at radius 2 is 2.07 bits per heavy atom. The molecule has 0 unspecified atom stereocenters. The molecule has 0 heterocycles. The molecule has 0 aromatic carbocycles. The SMILES string of the molecule is CCN(NCC1CC1)C(=O)OC(C)(C)C. The van der Waals surface area contributed by atoms with Crippen LogP contribution in [0.4, 0.5) is 4.79 Å². The molecule has 0 aliphatic heterocycles. The molecular formula is C11H22N2O2. The second kappa shape index (κ2) is 4.84. The van der Waals surface area contributed by atoms with E-state index in [2.05, 4.69) is 5.43 Å². The monoisotopic (exact) mass is 214 g/mol. The minimum Gasteiger partial charge on any atom is -0.443 e. The van der Waals surface area contributed by atoms with Crippen molar-refractivity contribution in [2.24, 2.45) is 5.92 Å². The van der Waals surface area contributed by atoms with Gasteiger partial charge in [-0.3, -0.25) is 0 Å². The third kappa shape index (κ3) is 5.02. The lowest BCUT2D eigenvalue weighted by Gasteiger charge is -2.26. The van der Waals surface area contributed by atoms with Gasteiger partial charge in [0.2, 0.25) is 0 Å². The molecule has 15 heavy (non-hydrogen) atoms. The van der Waals surface area contributed by atoms with Crippen LogP contribution in [0.3, 0.4) is 0 Å². The smallest absolute Gasteiger partial charge is 0.424 e. The fourth-order valence-corrected chi connectivity index (χ4v) is 1.18. The average Bonchev–Trinajstić information content (AvgIpc) is 2.85. The normalized spacial score (nSPS) is 16.3. The number of hydrazine groups is 1. The Morgan fingerprint density at radius 3 is 2.47 bits per heavy atom. The van der Waals surface area contributed by atoms with Gasteiger partial charge in [0.1, 0.15) is 5.60 Å². The summed E-state index contributed by atoms with van der Waals surface area (Å²) in [6.07, 6.45) is 2.27. The van der Waals surface area contributed by atoms with Crippen molar-refractivity contribution in [2.75, 3.05) is 13.1 Å². The first-order valence-corrected chi connectivity index (χ1v) is 5.66. The lowest BCUT2D eigenvalue weighted by molar-refractivity contribution is 0.0147. The number of hydrogen-bond acceptors (Lipinski definition) is 3. The van der Waals surface area contributed by atoms with E-state index in [-0.39, 0.29) is 6.09 Å². The number of carbonyl (C=O) groups excluding carboxylic acids is 1. The van der Waals surface area contributed by atoms with Crippen molar-refractivity contribution in [3.8, 4) is 0 Å². The predicted molar refractivity (Wildman–Crippen MR) is 59.3 cm³/mol. The highest BCUT2D eigenvalue weighted by Gasteiger charge is 2.25. The molecule has 0 atom stereocenters. The van der Waals surface area contributed by atoms with Gasteiger partial charge >= 0.3 is 6.09 Å². The summed E-state index contributed by atoms with van der Waals surface area (Å²) in [5.41, 5.74) is 2.69. The molecule has 1 aliphatic rings. The Balaban J connectivity index is 2.31. The van der Waals surface area contributed by atoms with Crippen LogP contribution in [0.25, 0.3) is 0 Å². The first-order valence-electron chi connectivity index (χ1n) is 5.66. The summed E-state index contributed by atoms with van der Waals surface area (Å²) in [4.78, 5) is 11.7. The molecule has 4 nitrogen and oxygen atoms in total. The van der Waals surface area contributed by atoms with Gasteiger partial charge in [0, 0.05) is 13.1 Å². The van der Waals surface area contributed by atoms with E-state index in [0.29, 0.717) is 6.54 Å². The van der Waals surface area contributed by atoms with Crippen LogP contribution in [-0.4, -0.2) is 29.8 Å². The molecular weight excluding hydrogens is 192 g/mol. The maximum absolute atomic E-state index is 11.7. The minimum atomic E-state index is -0.425. The van der Waals surface area contributed by atoms with Crippen molar-refractivity contribution >= 4 is 6.09 Å². The number of ether oxygens (including phenoxy) is 1. The van der Waals surface area contributed by atoms with E-state index in [1.165, 1.54) is 12.8 Å². The highest BCUT2D eigenvalue weighted by atomic mass is 16.6. The van der Waals surface area contributed by atoms with Crippen LogP contribution in [0.15, 0.2) is 0 Å². The number of nitrogens with one attached hydrogen (secondary N) is 1. The Kier molecular flexibility index (Phi) is 3.97. The van der Waals surface area contributed by atoms with Crippen LogP contribution in [-0.2, 0) is 4.74 Å². The van der Waals surface area contributed by atoms with Gasteiger partial charge in [0.25, 0.3) is 0 Å². The number of hydrogen-bond donors (Lipinski definition) is 1. The summed E-state index contributed by atoms with van der Waals surface area (Å²) in [6, 6.07) is 0.